The van der Waals surface area contributed by atoms with Crippen LogP contribution in [0, 0.1) is 6.92 Å². The number of benzene rings is 1. The molecule has 114 valence electrons. The van der Waals surface area contributed by atoms with Gasteiger partial charge in [-0.1, -0.05) is 24.3 Å². The van der Waals surface area contributed by atoms with Crippen LogP contribution in [0.25, 0.3) is 0 Å². The zero-order valence-electron chi connectivity index (χ0n) is 12.0. The first-order valence-corrected chi connectivity index (χ1v) is 7.44. The van der Waals surface area contributed by atoms with E-state index in [0.717, 1.165) is 22.5 Å². The van der Waals surface area contributed by atoms with E-state index < -0.39 is 0 Å². The smallest absolute Gasteiger partial charge is 0.245 e. The van der Waals surface area contributed by atoms with Crippen LogP contribution in [-0.2, 0) is 16.1 Å². The Morgan fingerprint density at radius 1 is 1.36 bits per heavy atom. The van der Waals surface area contributed by atoms with Crippen molar-refractivity contribution in [3.05, 3.63) is 46.5 Å². The van der Waals surface area contributed by atoms with Gasteiger partial charge in [-0.3, -0.25) is 14.4 Å². The highest BCUT2D eigenvalue weighted by Crippen LogP contribution is 2.14. The lowest BCUT2D eigenvalue weighted by Gasteiger charge is -2.17. The van der Waals surface area contributed by atoms with Crippen molar-refractivity contribution in [1.29, 1.82) is 0 Å². The molecule has 2 amide bonds. The molecule has 6 nitrogen and oxygen atoms in total. The fourth-order valence-corrected chi connectivity index (χ4v) is 2.55. The highest BCUT2D eigenvalue weighted by molar-refractivity contribution is 7.14. The molecule has 2 aromatic rings. The summed E-state index contributed by atoms with van der Waals surface area (Å²) in [5.41, 5.74) is 2.32. The summed E-state index contributed by atoms with van der Waals surface area (Å²) in [4.78, 5) is 38.9. The lowest BCUT2D eigenvalue weighted by atomic mass is 10.1. The fourth-order valence-electron chi connectivity index (χ4n) is 1.88. The fraction of sp³-hybridized carbons (Fsp3) is 0.200. The van der Waals surface area contributed by atoms with Crippen LogP contribution in [0.2, 0.25) is 0 Å². The van der Waals surface area contributed by atoms with E-state index in [-0.39, 0.29) is 18.1 Å². The number of nitrogens with zero attached hydrogens (tertiary/aromatic N) is 2. The van der Waals surface area contributed by atoms with Gasteiger partial charge in [0, 0.05) is 11.9 Å². The van der Waals surface area contributed by atoms with Crippen molar-refractivity contribution < 1.29 is 14.4 Å². The number of aryl methyl sites for hydroxylation is 1. The number of hydrogen-bond acceptors (Lipinski definition) is 5. The number of anilines is 1. The molecule has 0 aliphatic carbocycles. The Labute approximate surface area is 131 Å². The van der Waals surface area contributed by atoms with E-state index in [0.29, 0.717) is 24.4 Å². The summed E-state index contributed by atoms with van der Waals surface area (Å²) in [7, 11) is 0. The maximum Gasteiger partial charge on any atom is 0.245 e. The van der Waals surface area contributed by atoms with Gasteiger partial charge in [0.2, 0.25) is 12.3 Å². The first-order chi connectivity index (χ1) is 10.6. The molecule has 22 heavy (non-hydrogen) atoms. The molecule has 0 fully saturated rings. The topological polar surface area (TPSA) is 79.4 Å². The molecule has 0 saturated heterocycles. The van der Waals surface area contributed by atoms with Crippen molar-refractivity contribution in [2.24, 2.45) is 0 Å². The van der Waals surface area contributed by atoms with Crippen molar-refractivity contribution in [2.75, 3.05) is 11.9 Å². The van der Waals surface area contributed by atoms with E-state index in [9.17, 15) is 14.4 Å². The Morgan fingerprint density at radius 2 is 2.14 bits per heavy atom. The highest BCUT2D eigenvalue weighted by atomic mass is 32.1. The number of carbonyl (C=O) groups is 3. The van der Waals surface area contributed by atoms with Gasteiger partial charge in [0.25, 0.3) is 0 Å². The van der Waals surface area contributed by atoms with Gasteiger partial charge in [0.15, 0.2) is 11.4 Å². The largest absolute Gasteiger partial charge is 0.332 e. The number of rotatable bonds is 7. The molecule has 0 radical (unpaired) electrons. The number of aromatic nitrogens is 1. The zero-order chi connectivity index (χ0) is 15.9. The van der Waals surface area contributed by atoms with Gasteiger partial charge in [-0.25, -0.2) is 4.98 Å². The molecule has 0 atom stereocenters. The van der Waals surface area contributed by atoms with Crippen molar-refractivity contribution in [3.8, 4) is 0 Å². The maximum absolute atomic E-state index is 11.9. The summed E-state index contributed by atoms with van der Waals surface area (Å²) >= 11 is 1.16. The molecule has 1 aromatic heterocycles. The normalized spacial score (nSPS) is 10.0. The predicted octanol–water partition coefficient (Wildman–Crippen LogP) is 1.86. The third-order valence-electron chi connectivity index (χ3n) is 3.02. The van der Waals surface area contributed by atoms with E-state index in [4.69, 9.17) is 0 Å². The van der Waals surface area contributed by atoms with Crippen LogP contribution < -0.4 is 5.32 Å². The number of aldehydes is 1. The molecule has 0 aliphatic heterocycles. The molecule has 7 heteroatoms. The first kappa shape index (κ1) is 15.8. The van der Waals surface area contributed by atoms with Gasteiger partial charge in [0.1, 0.15) is 12.2 Å². The third-order valence-corrected chi connectivity index (χ3v) is 3.80. The Hall–Kier alpha value is -2.54. The summed E-state index contributed by atoms with van der Waals surface area (Å²) in [6.07, 6.45) is 1.26. The van der Waals surface area contributed by atoms with Crippen molar-refractivity contribution in [1.82, 2.24) is 9.88 Å². The van der Waals surface area contributed by atoms with Crippen LogP contribution in [0.4, 0.5) is 5.13 Å². The molecule has 1 heterocycles. The maximum atomic E-state index is 11.9. The molecular formula is C15H15N3O3S. The summed E-state index contributed by atoms with van der Waals surface area (Å²) in [6.45, 7) is 2.24. The lowest BCUT2D eigenvalue weighted by molar-refractivity contribution is -0.125. The Balaban J connectivity index is 1.94. The quantitative estimate of drug-likeness (QED) is 0.791. The monoisotopic (exact) mass is 317 g/mol. The second-order valence-corrected chi connectivity index (χ2v) is 5.54. The van der Waals surface area contributed by atoms with E-state index in [1.807, 2.05) is 31.2 Å². The Bertz CT molecular complexity index is 684. The zero-order valence-corrected chi connectivity index (χ0v) is 12.8. The Kier molecular flexibility index (Phi) is 5.37. The minimum absolute atomic E-state index is 0.0756. The predicted molar refractivity (Wildman–Crippen MR) is 83.8 cm³/mol. The molecule has 0 spiro atoms. The molecule has 0 unspecified atom stereocenters. The molecule has 0 saturated carbocycles. The summed E-state index contributed by atoms with van der Waals surface area (Å²) in [5.74, 6) is -0.354. The van der Waals surface area contributed by atoms with Crippen LogP contribution in [0.15, 0.2) is 29.6 Å². The minimum atomic E-state index is -0.354. The molecule has 1 aromatic carbocycles. The van der Waals surface area contributed by atoms with Gasteiger partial charge < -0.3 is 10.2 Å². The first-order valence-electron chi connectivity index (χ1n) is 6.57. The minimum Gasteiger partial charge on any atom is -0.332 e. The molecular weight excluding hydrogens is 302 g/mol. The van der Waals surface area contributed by atoms with Crippen LogP contribution in [0.1, 0.15) is 21.6 Å². The molecule has 0 bridgehead atoms. The number of amides is 2. The van der Waals surface area contributed by atoms with Crippen molar-refractivity contribution >= 4 is 35.1 Å². The van der Waals surface area contributed by atoms with Crippen LogP contribution >= 0.6 is 11.3 Å². The van der Waals surface area contributed by atoms with Crippen LogP contribution in [0.5, 0.6) is 0 Å². The standard InChI is InChI=1S/C15H15N3O3S/c1-11-4-2-3-5-12(11)6-18(10-20)7-14(21)17-15-16-13(8-19)9-22-15/h2-5,8-10H,6-7H2,1H3,(H,16,17,21). The average Bonchev–Trinajstić information content (AvgIpc) is 2.96. The molecule has 2 rings (SSSR count). The van der Waals surface area contributed by atoms with E-state index in [1.165, 1.54) is 4.90 Å². The second kappa shape index (κ2) is 7.46. The number of hydrogen-bond donors (Lipinski definition) is 1. The van der Waals surface area contributed by atoms with Crippen LogP contribution in [-0.4, -0.2) is 35.0 Å². The van der Waals surface area contributed by atoms with Crippen molar-refractivity contribution in [3.63, 3.8) is 0 Å². The number of carbonyl (C=O) groups excluding carboxylic acids is 3. The van der Waals surface area contributed by atoms with Gasteiger partial charge in [-0.15, -0.1) is 11.3 Å². The van der Waals surface area contributed by atoms with Gasteiger partial charge in [0.05, 0.1) is 0 Å². The van der Waals surface area contributed by atoms with Gasteiger partial charge in [-0.2, -0.15) is 0 Å². The average molecular weight is 317 g/mol. The molecule has 0 aliphatic rings. The molecule has 1 N–H and O–H groups in total. The Morgan fingerprint density at radius 3 is 2.77 bits per heavy atom. The summed E-state index contributed by atoms with van der Waals surface area (Å²) < 4.78 is 0. The van der Waals surface area contributed by atoms with Crippen LogP contribution in [0.3, 0.4) is 0 Å². The SMILES string of the molecule is Cc1ccccc1CN(C=O)CC(=O)Nc1nc(C=O)cs1. The van der Waals surface area contributed by atoms with E-state index >= 15 is 0 Å². The van der Waals surface area contributed by atoms with Gasteiger partial charge in [-0.05, 0) is 18.1 Å². The number of nitrogens with one attached hydrogen (secondary N) is 1. The highest BCUT2D eigenvalue weighted by Gasteiger charge is 2.12. The van der Waals surface area contributed by atoms with E-state index in [1.54, 1.807) is 5.38 Å². The number of thiazole rings is 1. The lowest BCUT2D eigenvalue weighted by Crippen LogP contribution is -2.32. The third kappa shape index (κ3) is 4.23. The second-order valence-electron chi connectivity index (χ2n) is 4.68. The van der Waals surface area contributed by atoms with Crippen molar-refractivity contribution in [2.45, 2.75) is 13.5 Å². The summed E-state index contributed by atoms with van der Waals surface area (Å²) in [5, 5.41) is 4.46. The summed E-state index contributed by atoms with van der Waals surface area (Å²) in [6, 6.07) is 7.68. The van der Waals surface area contributed by atoms with E-state index in [2.05, 4.69) is 10.3 Å². The van der Waals surface area contributed by atoms with Gasteiger partial charge >= 0.3 is 0 Å².